The van der Waals surface area contributed by atoms with Crippen molar-refractivity contribution in [3.05, 3.63) is 29.3 Å². The Kier molecular flexibility index (Phi) is 7.95. The van der Waals surface area contributed by atoms with Crippen LogP contribution < -0.4 is 4.74 Å². The van der Waals surface area contributed by atoms with Crippen molar-refractivity contribution in [3.8, 4) is 5.75 Å². The fourth-order valence-electron chi connectivity index (χ4n) is 3.64. The molecular formula is C21H31NO4. The molecule has 1 aliphatic rings. The molecule has 0 N–H and O–H groups in total. The molecule has 1 fully saturated rings. The Morgan fingerprint density at radius 3 is 2.27 bits per heavy atom. The summed E-state index contributed by atoms with van der Waals surface area (Å²) in [5.74, 6) is 0.435. The molecule has 0 unspecified atom stereocenters. The topological polar surface area (TPSA) is 55.8 Å². The van der Waals surface area contributed by atoms with Crippen molar-refractivity contribution < 1.29 is 19.1 Å². The molecule has 1 aliphatic carbocycles. The Morgan fingerprint density at radius 2 is 1.69 bits per heavy atom. The minimum atomic E-state index is -0.285. The molecule has 1 amide bonds. The Hall–Kier alpha value is -2.04. The lowest BCUT2D eigenvalue weighted by Crippen LogP contribution is -2.44. The standard InChI is InChI=1S/C21H31NO4/c1-16-9-8-10-17(2)21(16)26-15-19(23)22(14-13-20(24)25-3)18-11-6-4-5-7-12-18/h8-10,18H,4-7,11-15H2,1-3H3. The predicted octanol–water partition coefficient (Wildman–Crippen LogP) is 3.80. The minimum Gasteiger partial charge on any atom is -0.483 e. The van der Waals surface area contributed by atoms with Gasteiger partial charge >= 0.3 is 5.97 Å². The van der Waals surface area contributed by atoms with Crippen LogP contribution in [0.25, 0.3) is 0 Å². The summed E-state index contributed by atoms with van der Waals surface area (Å²) in [7, 11) is 1.38. The van der Waals surface area contributed by atoms with Crippen molar-refractivity contribution in [3.63, 3.8) is 0 Å². The van der Waals surface area contributed by atoms with Crippen molar-refractivity contribution in [1.82, 2.24) is 4.90 Å². The molecule has 144 valence electrons. The summed E-state index contributed by atoms with van der Waals surface area (Å²) in [4.78, 5) is 26.3. The van der Waals surface area contributed by atoms with Crippen LogP contribution in [-0.2, 0) is 14.3 Å². The quantitative estimate of drug-likeness (QED) is 0.548. The number of rotatable bonds is 7. The number of aryl methyl sites for hydroxylation is 2. The smallest absolute Gasteiger partial charge is 0.307 e. The van der Waals surface area contributed by atoms with Crippen LogP contribution in [0, 0.1) is 13.8 Å². The molecule has 1 aromatic carbocycles. The van der Waals surface area contributed by atoms with E-state index in [4.69, 9.17) is 9.47 Å². The number of carbonyl (C=O) groups excluding carboxylic acids is 2. The second-order valence-corrected chi connectivity index (χ2v) is 7.07. The van der Waals surface area contributed by atoms with Crippen molar-refractivity contribution in [1.29, 1.82) is 0 Å². The van der Waals surface area contributed by atoms with Gasteiger partial charge in [-0.2, -0.15) is 0 Å². The van der Waals surface area contributed by atoms with E-state index in [0.717, 1.165) is 42.6 Å². The predicted molar refractivity (Wildman–Crippen MR) is 101 cm³/mol. The van der Waals surface area contributed by atoms with E-state index in [1.807, 2.05) is 36.9 Å². The first-order chi connectivity index (χ1) is 12.5. The maximum absolute atomic E-state index is 12.9. The van der Waals surface area contributed by atoms with E-state index in [1.165, 1.54) is 20.0 Å². The van der Waals surface area contributed by atoms with Gasteiger partial charge in [0.1, 0.15) is 5.75 Å². The number of esters is 1. The van der Waals surface area contributed by atoms with Gasteiger partial charge in [0.2, 0.25) is 0 Å². The molecule has 1 aromatic rings. The number of ether oxygens (including phenoxy) is 2. The largest absolute Gasteiger partial charge is 0.483 e. The van der Waals surface area contributed by atoms with Crippen LogP contribution in [0.15, 0.2) is 18.2 Å². The zero-order chi connectivity index (χ0) is 18.9. The second-order valence-electron chi connectivity index (χ2n) is 7.07. The zero-order valence-electron chi connectivity index (χ0n) is 16.3. The first-order valence-corrected chi connectivity index (χ1v) is 9.58. The number of benzene rings is 1. The maximum atomic E-state index is 12.9. The van der Waals surface area contributed by atoms with E-state index in [2.05, 4.69) is 0 Å². The summed E-state index contributed by atoms with van der Waals surface area (Å²) in [6.07, 6.45) is 6.91. The minimum absolute atomic E-state index is 0.00334. The highest BCUT2D eigenvalue weighted by molar-refractivity contribution is 5.79. The number of para-hydroxylation sites is 1. The number of nitrogens with zero attached hydrogens (tertiary/aromatic N) is 1. The van der Waals surface area contributed by atoms with Crippen molar-refractivity contribution in [2.75, 3.05) is 20.3 Å². The van der Waals surface area contributed by atoms with Gasteiger partial charge in [0.25, 0.3) is 5.91 Å². The number of amides is 1. The molecule has 0 aromatic heterocycles. The summed E-state index contributed by atoms with van der Waals surface area (Å²) in [5, 5.41) is 0. The lowest BCUT2D eigenvalue weighted by Gasteiger charge is -2.31. The molecule has 0 spiro atoms. The van der Waals surface area contributed by atoms with E-state index in [0.29, 0.717) is 6.54 Å². The highest BCUT2D eigenvalue weighted by Crippen LogP contribution is 2.24. The van der Waals surface area contributed by atoms with Crippen LogP contribution in [0.5, 0.6) is 5.75 Å². The Bertz CT molecular complexity index is 586. The summed E-state index contributed by atoms with van der Waals surface area (Å²) >= 11 is 0. The third-order valence-corrected chi connectivity index (χ3v) is 5.12. The Balaban J connectivity index is 2.04. The van der Waals surface area contributed by atoms with Crippen LogP contribution in [0.4, 0.5) is 0 Å². The fraction of sp³-hybridized carbons (Fsp3) is 0.619. The highest BCUT2D eigenvalue weighted by atomic mass is 16.5. The average Bonchev–Trinajstić information content (AvgIpc) is 2.90. The maximum Gasteiger partial charge on any atom is 0.307 e. The lowest BCUT2D eigenvalue weighted by atomic mass is 10.1. The van der Waals surface area contributed by atoms with Gasteiger partial charge in [-0.1, -0.05) is 43.9 Å². The Morgan fingerprint density at radius 1 is 1.08 bits per heavy atom. The molecule has 0 radical (unpaired) electrons. The Labute approximate surface area is 156 Å². The van der Waals surface area contributed by atoms with E-state index in [9.17, 15) is 9.59 Å². The fourth-order valence-corrected chi connectivity index (χ4v) is 3.64. The highest BCUT2D eigenvalue weighted by Gasteiger charge is 2.25. The number of methoxy groups -OCH3 is 1. The van der Waals surface area contributed by atoms with Crippen LogP contribution >= 0.6 is 0 Å². The molecule has 0 saturated heterocycles. The number of carbonyl (C=O) groups is 2. The SMILES string of the molecule is COC(=O)CCN(C(=O)COc1c(C)cccc1C)C1CCCCCC1. The third-order valence-electron chi connectivity index (χ3n) is 5.12. The molecule has 0 atom stereocenters. The van der Waals surface area contributed by atoms with Gasteiger partial charge in [-0.15, -0.1) is 0 Å². The second kappa shape index (κ2) is 10.2. The van der Waals surface area contributed by atoms with E-state index in [1.54, 1.807) is 0 Å². The molecule has 26 heavy (non-hydrogen) atoms. The van der Waals surface area contributed by atoms with Gasteiger partial charge in [-0.3, -0.25) is 9.59 Å². The van der Waals surface area contributed by atoms with Crippen LogP contribution in [0.2, 0.25) is 0 Å². The third kappa shape index (κ3) is 5.75. The molecule has 1 saturated carbocycles. The van der Waals surface area contributed by atoms with E-state index in [-0.39, 0.29) is 30.9 Å². The van der Waals surface area contributed by atoms with E-state index < -0.39 is 0 Å². The lowest BCUT2D eigenvalue weighted by molar-refractivity contribution is -0.143. The summed E-state index contributed by atoms with van der Waals surface area (Å²) in [5.41, 5.74) is 2.04. The van der Waals surface area contributed by atoms with Gasteiger partial charge in [0.05, 0.1) is 13.5 Å². The monoisotopic (exact) mass is 361 g/mol. The van der Waals surface area contributed by atoms with Crippen LogP contribution in [0.3, 0.4) is 0 Å². The molecular weight excluding hydrogens is 330 g/mol. The van der Waals surface area contributed by atoms with Crippen molar-refractivity contribution >= 4 is 11.9 Å². The summed E-state index contributed by atoms with van der Waals surface area (Å²) < 4.78 is 10.6. The average molecular weight is 361 g/mol. The summed E-state index contributed by atoms with van der Waals surface area (Å²) in [6.45, 7) is 4.36. The molecule has 0 aliphatic heterocycles. The number of hydrogen-bond acceptors (Lipinski definition) is 4. The van der Waals surface area contributed by atoms with Crippen LogP contribution in [-0.4, -0.2) is 43.1 Å². The van der Waals surface area contributed by atoms with Gasteiger partial charge in [-0.25, -0.2) is 0 Å². The molecule has 5 nitrogen and oxygen atoms in total. The van der Waals surface area contributed by atoms with Crippen molar-refractivity contribution in [2.45, 2.75) is 64.8 Å². The normalized spacial score (nSPS) is 15.2. The van der Waals surface area contributed by atoms with Gasteiger partial charge in [0, 0.05) is 12.6 Å². The molecule has 5 heteroatoms. The van der Waals surface area contributed by atoms with Crippen LogP contribution in [0.1, 0.15) is 56.1 Å². The first-order valence-electron chi connectivity index (χ1n) is 9.58. The zero-order valence-corrected chi connectivity index (χ0v) is 16.3. The summed E-state index contributed by atoms with van der Waals surface area (Å²) in [6, 6.07) is 6.13. The number of hydrogen-bond donors (Lipinski definition) is 0. The molecule has 0 bridgehead atoms. The van der Waals surface area contributed by atoms with Gasteiger partial charge in [0.15, 0.2) is 6.61 Å². The van der Waals surface area contributed by atoms with Gasteiger partial charge < -0.3 is 14.4 Å². The first kappa shape index (κ1) is 20.3. The molecule has 0 heterocycles. The van der Waals surface area contributed by atoms with Gasteiger partial charge in [-0.05, 0) is 37.8 Å². The molecule has 2 rings (SSSR count). The van der Waals surface area contributed by atoms with Crippen molar-refractivity contribution in [2.24, 2.45) is 0 Å². The van der Waals surface area contributed by atoms with E-state index >= 15 is 0 Å².